The van der Waals surface area contributed by atoms with Gasteiger partial charge in [0.2, 0.25) is 5.90 Å². The first-order chi connectivity index (χ1) is 9.48. The Balaban J connectivity index is 2.01. The first-order valence-corrected chi connectivity index (χ1v) is 9.06. The molecule has 2 heterocycles. The lowest BCUT2D eigenvalue weighted by atomic mass is 10.1. The number of hydrogen-bond acceptors (Lipinski definition) is 2. The van der Waals surface area contributed by atoms with Gasteiger partial charge in [-0.3, -0.25) is 0 Å². The van der Waals surface area contributed by atoms with E-state index in [2.05, 4.69) is 52.0 Å². The molecule has 0 spiro atoms. The van der Waals surface area contributed by atoms with Crippen LogP contribution in [0.2, 0.25) is 0 Å². The fourth-order valence-corrected chi connectivity index (χ4v) is 6.65. The van der Waals surface area contributed by atoms with Gasteiger partial charge in [-0.15, -0.1) is 0 Å². The summed E-state index contributed by atoms with van der Waals surface area (Å²) in [5, 5.41) is 1.50. The van der Waals surface area contributed by atoms with Crippen molar-refractivity contribution in [3.63, 3.8) is 0 Å². The first kappa shape index (κ1) is 14.1. The Hall–Kier alpha value is -0.880. The number of benzene rings is 1. The molecule has 2 aliphatic rings. The van der Waals surface area contributed by atoms with Crippen LogP contribution in [0.1, 0.15) is 46.1 Å². The summed E-state index contributed by atoms with van der Waals surface area (Å²) >= 11 is 0. The van der Waals surface area contributed by atoms with Crippen molar-refractivity contribution in [2.45, 2.75) is 57.4 Å². The van der Waals surface area contributed by atoms with Crippen LogP contribution >= 0.6 is 7.92 Å². The second kappa shape index (κ2) is 5.15. The van der Waals surface area contributed by atoms with Gasteiger partial charge in [-0.1, -0.05) is 40.0 Å². The predicted octanol–water partition coefficient (Wildman–Crippen LogP) is 3.92. The quantitative estimate of drug-likeness (QED) is 0.756. The topological polar surface area (TPSA) is 21.6 Å². The van der Waals surface area contributed by atoms with Crippen molar-refractivity contribution in [2.75, 3.05) is 6.61 Å². The second-order valence-electron chi connectivity index (χ2n) is 6.72. The van der Waals surface area contributed by atoms with Gasteiger partial charge in [0.1, 0.15) is 6.61 Å². The van der Waals surface area contributed by atoms with E-state index in [-0.39, 0.29) is 13.5 Å². The zero-order valence-electron chi connectivity index (χ0n) is 12.9. The smallest absolute Gasteiger partial charge is 0.217 e. The van der Waals surface area contributed by atoms with E-state index in [4.69, 9.17) is 9.73 Å². The molecule has 2 aliphatic heterocycles. The van der Waals surface area contributed by atoms with E-state index < -0.39 is 0 Å². The molecule has 0 saturated carbocycles. The molecule has 0 radical (unpaired) electrons. The molecule has 0 bridgehead atoms. The lowest BCUT2D eigenvalue weighted by molar-refractivity contribution is 0.279. The molecule has 108 valence electrons. The maximum Gasteiger partial charge on any atom is 0.217 e. The molecule has 1 fully saturated rings. The molecule has 1 saturated heterocycles. The minimum absolute atomic E-state index is 0.0807. The number of hydrogen-bond donors (Lipinski definition) is 0. The highest BCUT2D eigenvalue weighted by Crippen LogP contribution is 2.54. The molecule has 2 atom stereocenters. The largest absolute Gasteiger partial charge is 0.475 e. The van der Waals surface area contributed by atoms with Crippen LogP contribution in [0.5, 0.6) is 0 Å². The Kier molecular flexibility index (Phi) is 3.62. The lowest BCUT2D eigenvalue weighted by Gasteiger charge is -2.23. The third kappa shape index (κ3) is 2.51. The molecule has 3 heteroatoms. The molecule has 0 amide bonds. The van der Waals surface area contributed by atoms with E-state index >= 15 is 0 Å². The summed E-state index contributed by atoms with van der Waals surface area (Å²) in [6.07, 6.45) is 2.72. The van der Waals surface area contributed by atoms with Crippen LogP contribution in [0, 0.1) is 0 Å². The van der Waals surface area contributed by atoms with Gasteiger partial charge < -0.3 is 4.74 Å². The molecule has 1 aromatic rings. The highest BCUT2D eigenvalue weighted by Gasteiger charge is 2.35. The van der Waals surface area contributed by atoms with Gasteiger partial charge in [-0.2, -0.15) is 0 Å². The van der Waals surface area contributed by atoms with Crippen molar-refractivity contribution >= 4 is 19.1 Å². The molecule has 0 aromatic heterocycles. The van der Waals surface area contributed by atoms with Crippen LogP contribution in [0.25, 0.3) is 0 Å². The van der Waals surface area contributed by atoms with E-state index in [0.717, 1.165) is 17.2 Å². The Morgan fingerprint density at radius 1 is 1.15 bits per heavy atom. The van der Waals surface area contributed by atoms with Crippen LogP contribution in [-0.2, 0) is 4.74 Å². The summed E-state index contributed by atoms with van der Waals surface area (Å²) in [7, 11) is -0.0912. The van der Waals surface area contributed by atoms with E-state index in [0.29, 0.717) is 6.61 Å². The van der Waals surface area contributed by atoms with Crippen molar-refractivity contribution in [1.82, 2.24) is 0 Å². The van der Waals surface area contributed by atoms with Crippen molar-refractivity contribution in [1.29, 1.82) is 0 Å². The SMILES string of the molecule is CC1CCC(C)P1c1ccccc1C1=NC(C)(C)CO1. The van der Waals surface area contributed by atoms with Crippen molar-refractivity contribution in [3.8, 4) is 0 Å². The second-order valence-corrected chi connectivity index (χ2v) is 9.78. The number of nitrogens with zero attached hydrogens (tertiary/aromatic N) is 1. The fraction of sp³-hybridized carbons (Fsp3) is 0.588. The van der Waals surface area contributed by atoms with Crippen LogP contribution in [0.4, 0.5) is 0 Å². The Bertz CT molecular complexity index is 528. The average molecular weight is 289 g/mol. The van der Waals surface area contributed by atoms with Crippen molar-refractivity contribution < 1.29 is 4.74 Å². The Morgan fingerprint density at radius 3 is 2.40 bits per heavy atom. The maximum absolute atomic E-state index is 5.89. The predicted molar refractivity (Wildman–Crippen MR) is 87.7 cm³/mol. The molecule has 2 unspecified atom stereocenters. The standard InChI is InChI=1S/C17H24NOP/c1-12-9-10-13(2)20(12)15-8-6-5-7-14(15)16-18-17(3,4)11-19-16/h5-8,12-13H,9-11H2,1-4H3. The average Bonchev–Trinajstić information content (AvgIpc) is 2.93. The summed E-state index contributed by atoms with van der Waals surface area (Å²) < 4.78 is 5.89. The molecular formula is C17H24NOP. The third-order valence-corrected chi connectivity index (χ3v) is 7.69. The molecule has 2 nitrogen and oxygen atoms in total. The van der Waals surface area contributed by atoms with E-state index in [9.17, 15) is 0 Å². The van der Waals surface area contributed by atoms with E-state index in [1.165, 1.54) is 23.7 Å². The van der Waals surface area contributed by atoms with Gasteiger partial charge in [0.25, 0.3) is 0 Å². The number of rotatable bonds is 2. The Labute approximate surface area is 123 Å². The van der Waals surface area contributed by atoms with Crippen LogP contribution < -0.4 is 5.30 Å². The Morgan fingerprint density at radius 2 is 1.80 bits per heavy atom. The van der Waals surface area contributed by atoms with Crippen LogP contribution in [0.15, 0.2) is 29.3 Å². The third-order valence-electron chi connectivity index (χ3n) is 4.33. The monoisotopic (exact) mass is 289 g/mol. The van der Waals surface area contributed by atoms with E-state index in [1.807, 2.05) is 0 Å². The summed E-state index contributed by atoms with van der Waals surface area (Å²) in [5.74, 6) is 0.861. The molecule has 0 aliphatic carbocycles. The fourth-order valence-electron chi connectivity index (χ4n) is 3.27. The van der Waals surface area contributed by atoms with Crippen molar-refractivity contribution in [3.05, 3.63) is 29.8 Å². The lowest BCUT2D eigenvalue weighted by Crippen LogP contribution is -2.19. The summed E-state index contributed by atoms with van der Waals surface area (Å²) in [6, 6.07) is 8.77. The van der Waals surface area contributed by atoms with Gasteiger partial charge in [-0.05, 0) is 49.4 Å². The number of aliphatic imine (C=N–C) groups is 1. The van der Waals surface area contributed by atoms with Crippen molar-refractivity contribution in [2.24, 2.45) is 4.99 Å². The first-order valence-electron chi connectivity index (χ1n) is 7.58. The van der Waals surface area contributed by atoms with Gasteiger partial charge in [0.05, 0.1) is 5.54 Å². The zero-order valence-corrected chi connectivity index (χ0v) is 13.8. The summed E-state index contributed by atoms with van der Waals surface area (Å²) in [4.78, 5) is 4.78. The van der Waals surface area contributed by atoms with Crippen LogP contribution in [0.3, 0.4) is 0 Å². The minimum atomic E-state index is -0.0912. The zero-order chi connectivity index (χ0) is 14.3. The minimum Gasteiger partial charge on any atom is -0.475 e. The summed E-state index contributed by atoms with van der Waals surface area (Å²) in [5.41, 5.74) is 2.79. The van der Waals surface area contributed by atoms with Gasteiger partial charge >= 0.3 is 0 Å². The summed E-state index contributed by atoms with van der Waals surface area (Å²) in [6.45, 7) is 9.78. The molecule has 0 N–H and O–H groups in total. The normalized spacial score (nSPS) is 32.0. The van der Waals surface area contributed by atoms with Gasteiger partial charge in [-0.25, -0.2) is 4.99 Å². The van der Waals surface area contributed by atoms with E-state index in [1.54, 1.807) is 0 Å². The molecule has 1 aromatic carbocycles. The molecular weight excluding hydrogens is 265 g/mol. The van der Waals surface area contributed by atoms with Gasteiger partial charge in [0, 0.05) is 5.56 Å². The van der Waals surface area contributed by atoms with Crippen LogP contribution in [-0.4, -0.2) is 29.4 Å². The highest BCUT2D eigenvalue weighted by atomic mass is 31.1. The van der Waals surface area contributed by atoms with Gasteiger partial charge in [0.15, 0.2) is 0 Å². The highest BCUT2D eigenvalue weighted by molar-refractivity contribution is 7.67. The number of ether oxygens (including phenoxy) is 1. The molecule has 3 rings (SSSR count). The maximum atomic E-state index is 5.89. The molecule has 20 heavy (non-hydrogen) atoms.